The second-order valence-corrected chi connectivity index (χ2v) is 11.7. The number of para-hydroxylation sites is 2. The number of fused-ring (bicyclic) bond motifs is 1. The van der Waals surface area contributed by atoms with E-state index < -0.39 is 15.7 Å². The van der Waals surface area contributed by atoms with Gasteiger partial charge in [-0.3, -0.25) is 9.36 Å². The summed E-state index contributed by atoms with van der Waals surface area (Å²) < 4.78 is 35.0. The van der Waals surface area contributed by atoms with Crippen molar-refractivity contribution in [1.29, 1.82) is 0 Å². The summed E-state index contributed by atoms with van der Waals surface area (Å²) in [6.45, 7) is 4.58. The van der Waals surface area contributed by atoms with E-state index in [1.165, 1.54) is 16.8 Å². The number of amides is 1. The van der Waals surface area contributed by atoms with Gasteiger partial charge in [-0.25, -0.2) is 18.2 Å². The highest BCUT2D eigenvalue weighted by molar-refractivity contribution is 7.89. The average Bonchev–Trinajstić information content (AvgIpc) is 2.94. The van der Waals surface area contributed by atoms with Crippen LogP contribution >= 0.6 is 0 Å². The van der Waals surface area contributed by atoms with Gasteiger partial charge in [0, 0.05) is 50.3 Å². The van der Waals surface area contributed by atoms with Crippen LogP contribution in [-0.4, -0.2) is 79.0 Å². The van der Waals surface area contributed by atoms with Gasteiger partial charge in [0.25, 0.3) is 0 Å². The number of sulfonamides is 1. The summed E-state index contributed by atoms with van der Waals surface area (Å²) >= 11 is 0. The standard InChI is InChI=1S/C27H33N5O5S/c1-20-7-5-6-12-32(20)38(35,36)22-10-11-23-21(17-22)18-28-27(34)31(23)19-26(33)30-15-13-29(14-16-30)24-8-3-4-9-25(24)37-2/h3-4,8-11,17-18,20H,5-7,12-16,19H2,1-2H3/t20-/m1/s1. The number of hydrogen-bond donors (Lipinski definition) is 0. The zero-order chi connectivity index (χ0) is 26.9. The van der Waals surface area contributed by atoms with Gasteiger partial charge < -0.3 is 14.5 Å². The Morgan fingerprint density at radius 1 is 1.05 bits per heavy atom. The van der Waals surface area contributed by atoms with Crippen LogP contribution in [0, 0.1) is 0 Å². The van der Waals surface area contributed by atoms with Crippen LogP contribution in [0.2, 0.25) is 0 Å². The van der Waals surface area contributed by atoms with Gasteiger partial charge >= 0.3 is 5.69 Å². The van der Waals surface area contributed by atoms with Gasteiger partial charge in [-0.15, -0.1) is 0 Å². The number of nitrogens with zero attached hydrogens (tertiary/aromatic N) is 5. The second-order valence-electron chi connectivity index (χ2n) is 9.85. The van der Waals surface area contributed by atoms with Crippen molar-refractivity contribution < 1.29 is 17.9 Å². The molecule has 0 saturated carbocycles. The van der Waals surface area contributed by atoms with Gasteiger partial charge in [0.05, 0.1) is 23.2 Å². The Kier molecular flexibility index (Phi) is 7.40. The lowest BCUT2D eigenvalue weighted by atomic mass is 10.1. The number of piperidine rings is 1. The van der Waals surface area contributed by atoms with E-state index in [0.717, 1.165) is 30.7 Å². The number of hydrogen-bond acceptors (Lipinski definition) is 7. The fraction of sp³-hybridized carbons (Fsp3) is 0.444. The summed E-state index contributed by atoms with van der Waals surface area (Å²) in [6, 6.07) is 12.4. The molecule has 2 aliphatic heterocycles. The van der Waals surface area contributed by atoms with E-state index in [-0.39, 0.29) is 23.4 Å². The third-order valence-corrected chi connectivity index (χ3v) is 9.54. The SMILES string of the molecule is COc1ccccc1N1CCN(C(=O)Cn2c(=O)ncc3cc(S(=O)(=O)N4CCCC[C@H]4C)ccc32)CC1. The molecule has 10 nitrogen and oxygen atoms in total. The normalized spacial score (nSPS) is 19.1. The van der Waals surface area contributed by atoms with Crippen LogP contribution in [-0.2, 0) is 21.4 Å². The first kappa shape index (κ1) is 26.2. The van der Waals surface area contributed by atoms with Gasteiger partial charge in [-0.05, 0) is 50.1 Å². The molecule has 1 aromatic heterocycles. The maximum absolute atomic E-state index is 13.3. The summed E-state index contributed by atoms with van der Waals surface area (Å²) in [5, 5.41) is 0.504. The highest BCUT2D eigenvalue weighted by Gasteiger charge is 2.31. The number of ether oxygens (including phenoxy) is 1. The smallest absolute Gasteiger partial charge is 0.348 e. The Morgan fingerprint density at radius 3 is 2.55 bits per heavy atom. The minimum Gasteiger partial charge on any atom is -0.495 e. The number of aromatic nitrogens is 2. The molecule has 5 rings (SSSR count). The molecule has 202 valence electrons. The molecule has 0 bridgehead atoms. The van der Waals surface area contributed by atoms with Gasteiger partial charge in [-0.2, -0.15) is 4.31 Å². The molecular formula is C27H33N5O5S. The van der Waals surface area contributed by atoms with Gasteiger partial charge in [0.15, 0.2) is 0 Å². The zero-order valence-electron chi connectivity index (χ0n) is 21.7. The minimum absolute atomic E-state index is 0.0578. The monoisotopic (exact) mass is 539 g/mol. The zero-order valence-corrected chi connectivity index (χ0v) is 22.6. The highest BCUT2D eigenvalue weighted by Crippen LogP contribution is 2.29. The third-order valence-electron chi connectivity index (χ3n) is 7.53. The van der Waals surface area contributed by atoms with Crippen molar-refractivity contribution in [2.24, 2.45) is 0 Å². The van der Waals surface area contributed by atoms with Crippen LogP contribution in [0.25, 0.3) is 10.9 Å². The summed E-state index contributed by atoms with van der Waals surface area (Å²) in [5.41, 5.74) is 0.927. The quantitative estimate of drug-likeness (QED) is 0.473. The molecule has 38 heavy (non-hydrogen) atoms. The number of benzene rings is 2. The molecule has 2 fully saturated rings. The maximum Gasteiger partial charge on any atom is 0.348 e. The predicted octanol–water partition coefficient (Wildman–Crippen LogP) is 2.32. The number of rotatable bonds is 6. The lowest BCUT2D eigenvalue weighted by Crippen LogP contribution is -2.50. The molecule has 0 radical (unpaired) electrons. The molecule has 1 atom stereocenters. The van der Waals surface area contributed by atoms with E-state index in [1.807, 2.05) is 31.2 Å². The van der Waals surface area contributed by atoms with Crippen molar-refractivity contribution in [2.45, 2.75) is 43.7 Å². The molecule has 0 unspecified atom stereocenters. The topological polar surface area (TPSA) is 105 Å². The Balaban J connectivity index is 1.33. The number of piperazine rings is 1. The van der Waals surface area contributed by atoms with E-state index in [4.69, 9.17) is 4.74 Å². The van der Waals surface area contributed by atoms with E-state index in [2.05, 4.69) is 9.88 Å². The number of carbonyl (C=O) groups excluding carboxylic acids is 1. The molecular weight excluding hydrogens is 506 g/mol. The lowest BCUT2D eigenvalue weighted by molar-refractivity contribution is -0.132. The van der Waals surface area contributed by atoms with Crippen LogP contribution in [0.15, 0.2) is 58.4 Å². The summed E-state index contributed by atoms with van der Waals surface area (Å²) in [4.78, 5) is 33.9. The van der Waals surface area contributed by atoms with Crippen LogP contribution < -0.4 is 15.3 Å². The third kappa shape index (κ3) is 5.00. The van der Waals surface area contributed by atoms with E-state index in [1.54, 1.807) is 28.4 Å². The Labute approximate surface area is 222 Å². The molecule has 2 saturated heterocycles. The fourth-order valence-corrected chi connectivity index (χ4v) is 7.12. The van der Waals surface area contributed by atoms with E-state index in [9.17, 15) is 18.0 Å². The van der Waals surface area contributed by atoms with Crippen LogP contribution in [0.1, 0.15) is 26.2 Å². The molecule has 3 aromatic rings. The highest BCUT2D eigenvalue weighted by atomic mass is 32.2. The molecule has 0 N–H and O–H groups in total. The van der Waals surface area contributed by atoms with Crippen LogP contribution in [0.3, 0.4) is 0 Å². The number of methoxy groups -OCH3 is 1. The first-order valence-electron chi connectivity index (χ1n) is 13.0. The molecule has 3 heterocycles. The first-order chi connectivity index (χ1) is 18.3. The average molecular weight is 540 g/mol. The largest absolute Gasteiger partial charge is 0.495 e. The van der Waals surface area contributed by atoms with E-state index in [0.29, 0.717) is 43.6 Å². The van der Waals surface area contributed by atoms with Gasteiger partial charge in [0.2, 0.25) is 15.9 Å². The van der Waals surface area contributed by atoms with Crippen molar-refractivity contribution in [3.63, 3.8) is 0 Å². The summed E-state index contributed by atoms with van der Waals surface area (Å²) in [7, 11) is -2.03. The molecule has 0 spiro atoms. The molecule has 11 heteroatoms. The summed E-state index contributed by atoms with van der Waals surface area (Å²) in [6.07, 6.45) is 4.07. The van der Waals surface area contributed by atoms with Crippen molar-refractivity contribution >= 4 is 32.5 Å². The lowest BCUT2D eigenvalue weighted by Gasteiger charge is -2.36. The maximum atomic E-state index is 13.3. The van der Waals surface area contributed by atoms with Crippen molar-refractivity contribution in [3.05, 3.63) is 59.1 Å². The Hall–Kier alpha value is -3.44. The van der Waals surface area contributed by atoms with Crippen molar-refractivity contribution in [2.75, 3.05) is 44.7 Å². The number of carbonyl (C=O) groups is 1. The Bertz CT molecular complexity index is 1500. The second kappa shape index (κ2) is 10.7. The Morgan fingerprint density at radius 2 is 1.82 bits per heavy atom. The van der Waals surface area contributed by atoms with Crippen molar-refractivity contribution in [3.8, 4) is 5.75 Å². The predicted molar refractivity (Wildman–Crippen MR) is 145 cm³/mol. The number of anilines is 1. The molecule has 2 aliphatic rings. The summed E-state index contributed by atoms with van der Waals surface area (Å²) in [5.74, 6) is 0.608. The van der Waals surface area contributed by atoms with Gasteiger partial charge in [-0.1, -0.05) is 18.6 Å². The first-order valence-corrected chi connectivity index (χ1v) is 14.4. The van der Waals surface area contributed by atoms with E-state index >= 15 is 0 Å². The minimum atomic E-state index is -3.67. The van der Waals surface area contributed by atoms with Crippen LogP contribution in [0.4, 0.5) is 5.69 Å². The van der Waals surface area contributed by atoms with Gasteiger partial charge in [0.1, 0.15) is 12.3 Å². The van der Waals surface area contributed by atoms with Crippen LogP contribution in [0.5, 0.6) is 5.75 Å². The molecule has 0 aliphatic carbocycles. The fourth-order valence-electron chi connectivity index (χ4n) is 5.38. The molecule has 1 amide bonds. The van der Waals surface area contributed by atoms with Crippen molar-refractivity contribution in [1.82, 2.24) is 18.8 Å². The molecule has 2 aromatic carbocycles.